The molecule has 0 radical (unpaired) electrons. The smallest absolute Gasteiger partial charge is 0.235 e. The van der Waals surface area contributed by atoms with E-state index in [0.717, 1.165) is 12.4 Å². The maximum Gasteiger partial charge on any atom is 0.235 e. The molecule has 2 aromatic rings. The van der Waals surface area contributed by atoms with Crippen LogP contribution in [0.2, 0.25) is 0 Å². The molecule has 1 aromatic heterocycles. The van der Waals surface area contributed by atoms with E-state index in [1.165, 1.54) is 6.07 Å². The maximum absolute atomic E-state index is 13.5. The van der Waals surface area contributed by atoms with Crippen LogP contribution in [0.3, 0.4) is 0 Å². The van der Waals surface area contributed by atoms with Gasteiger partial charge in [-0.1, -0.05) is 0 Å². The fourth-order valence-electron chi connectivity index (χ4n) is 1.17. The minimum Gasteiger partial charge on any atom is -0.285 e. The molecule has 1 heterocycles. The Morgan fingerprint density at radius 1 is 1.38 bits per heavy atom. The van der Waals surface area contributed by atoms with E-state index in [2.05, 4.69) is 31.1 Å². The number of aromatic amines is 1. The fourth-order valence-corrected chi connectivity index (χ4v) is 1.50. The van der Waals surface area contributed by atoms with E-state index < -0.39 is 23.0 Å². The van der Waals surface area contributed by atoms with Gasteiger partial charge in [-0.15, -0.1) is 0 Å². The van der Waals surface area contributed by atoms with Gasteiger partial charge in [0.05, 0.1) is 10.0 Å². The molecule has 0 aliphatic carbocycles. The summed E-state index contributed by atoms with van der Waals surface area (Å²) >= 11 is 2.87. The van der Waals surface area contributed by atoms with Crippen LogP contribution in [0.5, 0.6) is 0 Å². The molecule has 0 spiro atoms. The molecule has 82 valence electrons. The van der Waals surface area contributed by atoms with Gasteiger partial charge in [0.2, 0.25) is 5.78 Å². The van der Waals surface area contributed by atoms with E-state index in [1.807, 2.05) is 0 Å². The second-order valence-electron chi connectivity index (χ2n) is 2.88. The van der Waals surface area contributed by atoms with Crippen LogP contribution in [0.25, 0.3) is 0 Å². The monoisotopic (exact) mass is 287 g/mol. The Balaban J connectivity index is 2.56. The minimum absolute atomic E-state index is 0.0109. The number of halogens is 3. The topological polar surface area (TPSA) is 58.6 Å². The zero-order valence-electron chi connectivity index (χ0n) is 7.67. The van der Waals surface area contributed by atoms with Gasteiger partial charge in [-0.05, 0) is 28.1 Å². The van der Waals surface area contributed by atoms with Gasteiger partial charge in [0, 0.05) is 0 Å². The number of nitrogens with zero attached hydrogens (tertiary/aromatic N) is 2. The fraction of sp³-hybridized carbons (Fsp3) is 0. The lowest BCUT2D eigenvalue weighted by Gasteiger charge is -2.03. The molecule has 2 rings (SSSR count). The summed E-state index contributed by atoms with van der Waals surface area (Å²) in [4.78, 5) is 15.2. The zero-order valence-corrected chi connectivity index (χ0v) is 9.25. The van der Waals surface area contributed by atoms with E-state index in [4.69, 9.17) is 0 Å². The van der Waals surface area contributed by atoms with Crippen molar-refractivity contribution in [1.82, 2.24) is 15.2 Å². The maximum atomic E-state index is 13.5. The summed E-state index contributed by atoms with van der Waals surface area (Å²) in [5.74, 6) is -2.99. The van der Waals surface area contributed by atoms with Crippen molar-refractivity contribution in [3.05, 3.63) is 46.0 Å². The molecular weight excluding hydrogens is 284 g/mol. The van der Waals surface area contributed by atoms with Gasteiger partial charge in [0.1, 0.15) is 12.1 Å². The summed E-state index contributed by atoms with van der Waals surface area (Å²) in [5, 5.41) is 5.69. The first kappa shape index (κ1) is 10.9. The number of hydrogen-bond donors (Lipinski definition) is 1. The lowest BCUT2D eigenvalue weighted by atomic mass is 10.1. The van der Waals surface area contributed by atoms with E-state index in [-0.39, 0.29) is 10.3 Å². The molecular formula is C9H4BrF2N3O. The second-order valence-corrected chi connectivity index (χ2v) is 3.74. The van der Waals surface area contributed by atoms with Crippen LogP contribution in [0.15, 0.2) is 22.9 Å². The number of nitrogens with one attached hydrogen (secondary N) is 1. The molecule has 0 amide bonds. The summed E-state index contributed by atoms with van der Waals surface area (Å²) in [5.41, 5.74) is -0.661. The van der Waals surface area contributed by atoms with Gasteiger partial charge < -0.3 is 0 Å². The quantitative estimate of drug-likeness (QED) is 0.680. The molecule has 0 aliphatic heterocycles. The molecule has 1 N–H and O–H groups in total. The van der Waals surface area contributed by atoms with Crippen LogP contribution in [-0.4, -0.2) is 21.0 Å². The van der Waals surface area contributed by atoms with Gasteiger partial charge in [0.25, 0.3) is 0 Å². The Bertz CT molecular complexity index is 542. The highest BCUT2D eigenvalue weighted by atomic mass is 79.9. The Hall–Kier alpha value is -1.63. The highest BCUT2D eigenvalue weighted by molar-refractivity contribution is 9.10. The van der Waals surface area contributed by atoms with Crippen molar-refractivity contribution in [2.75, 3.05) is 0 Å². The van der Waals surface area contributed by atoms with Crippen molar-refractivity contribution in [2.45, 2.75) is 0 Å². The number of ketones is 1. The molecule has 0 atom stereocenters. The minimum atomic E-state index is -0.957. The number of aromatic nitrogens is 3. The van der Waals surface area contributed by atoms with Crippen molar-refractivity contribution >= 4 is 21.7 Å². The van der Waals surface area contributed by atoms with Gasteiger partial charge >= 0.3 is 0 Å². The predicted molar refractivity (Wildman–Crippen MR) is 53.9 cm³/mol. The third kappa shape index (κ3) is 1.73. The molecule has 0 saturated carbocycles. The standard InChI is InChI=1S/C9H4BrF2N3O/c10-4-1-2-5(11)6(7(4)12)8(16)9-13-3-14-15-9/h1-3H,(H,13,14,15). The molecule has 0 bridgehead atoms. The van der Waals surface area contributed by atoms with Gasteiger partial charge in [-0.3, -0.25) is 9.89 Å². The third-order valence-corrected chi connectivity index (χ3v) is 2.51. The Labute approximate surface area is 96.8 Å². The summed E-state index contributed by atoms with van der Waals surface area (Å²) in [6.45, 7) is 0. The number of H-pyrrole nitrogens is 1. The molecule has 7 heteroatoms. The normalized spacial score (nSPS) is 10.4. The predicted octanol–water partition coefficient (Wildman–Crippen LogP) is 2.08. The molecule has 1 aromatic carbocycles. The van der Waals surface area contributed by atoms with Crippen molar-refractivity contribution in [3.63, 3.8) is 0 Å². The average molecular weight is 288 g/mol. The van der Waals surface area contributed by atoms with Crippen molar-refractivity contribution in [2.24, 2.45) is 0 Å². The van der Waals surface area contributed by atoms with Crippen LogP contribution < -0.4 is 0 Å². The summed E-state index contributed by atoms with van der Waals surface area (Å²) < 4.78 is 26.9. The molecule has 0 saturated heterocycles. The first-order valence-corrected chi connectivity index (χ1v) is 4.94. The molecule has 0 unspecified atom stereocenters. The van der Waals surface area contributed by atoms with Crippen molar-refractivity contribution < 1.29 is 13.6 Å². The average Bonchev–Trinajstić information content (AvgIpc) is 2.77. The highest BCUT2D eigenvalue weighted by Gasteiger charge is 2.22. The van der Waals surface area contributed by atoms with Gasteiger partial charge in [-0.2, -0.15) is 5.10 Å². The first-order chi connectivity index (χ1) is 7.61. The van der Waals surface area contributed by atoms with Crippen LogP contribution in [0, 0.1) is 11.6 Å². The van der Waals surface area contributed by atoms with Crippen molar-refractivity contribution in [3.8, 4) is 0 Å². The number of benzene rings is 1. The number of rotatable bonds is 2. The largest absolute Gasteiger partial charge is 0.285 e. The third-order valence-electron chi connectivity index (χ3n) is 1.90. The van der Waals surface area contributed by atoms with Gasteiger partial charge in [0.15, 0.2) is 11.6 Å². The van der Waals surface area contributed by atoms with Gasteiger partial charge in [-0.25, -0.2) is 13.8 Å². The lowest BCUT2D eigenvalue weighted by Crippen LogP contribution is -2.09. The highest BCUT2D eigenvalue weighted by Crippen LogP contribution is 2.22. The molecule has 0 aliphatic rings. The van der Waals surface area contributed by atoms with E-state index in [9.17, 15) is 13.6 Å². The SMILES string of the molecule is O=C(c1ncn[nH]1)c1c(F)ccc(Br)c1F. The van der Waals surface area contributed by atoms with Crippen molar-refractivity contribution in [1.29, 1.82) is 0 Å². The first-order valence-electron chi connectivity index (χ1n) is 4.15. The van der Waals surface area contributed by atoms with Crippen LogP contribution in [0.4, 0.5) is 8.78 Å². The summed E-state index contributed by atoms with van der Waals surface area (Å²) in [6, 6.07) is 2.18. The second kappa shape index (κ2) is 4.09. The summed E-state index contributed by atoms with van der Waals surface area (Å²) in [6.07, 6.45) is 1.08. The van der Waals surface area contributed by atoms with Crippen LogP contribution in [-0.2, 0) is 0 Å². The Kier molecular flexibility index (Phi) is 2.78. The Morgan fingerprint density at radius 2 is 2.12 bits per heavy atom. The van der Waals surface area contributed by atoms with E-state index in [0.29, 0.717) is 0 Å². The van der Waals surface area contributed by atoms with Crippen LogP contribution in [0.1, 0.15) is 16.2 Å². The molecule has 4 nitrogen and oxygen atoms in total. The Morgan fingerprint density at radius 3 is 2.75 bits per heavy atom. The number of carbonyl (C=O) groups excluding carboxylic acids is 1. The zero-order chi connectivity index (χ0) is 11.7. The lowest BCUT2D eigenvalue weighted by molar-refractivity contribution is 0.102. The number of carbonyl (C=O) groups is 1. The van der Waals surface area contributed by atoms with E-state index in [1.54, 1.807) is 0 Å². The molecule has 0 fully saturated rings. The van der Waals surface area contributed by atoms with Crippen LogP contribution >= 0.6 is 15.9 Å². The summed E-state index contributed by atoms with van der Waals surface area (Å²) in [7, 11) is 0. The van der Waals surface area contributed by atoms with E-state index >= 15 is 0 Å². The molecule has 16 heavy (non-hydrogen) atoms. The number of hydrogen-bond acceptors (Lipinski definition) is 3.